The zero-order valence-electron chi connectivity index (χ0n) is 84.5. The molecular formula is C118H157N9O12. The number of pyridine rings is 1. The zero-order chi connectivity index (χ0) is 98.4. The van der Waals surface area contributed by atoms with Gasteiger partial charge in [-0.15, -0.1) is 0 Å². The number of hydrogen-bond acceptors (Lipinski definition) is 13. The van der Waals surface area contributed by atoms with E-state index in [-0.39, 0.29) is 55.7 Å². The van der Waals surface area contributed by atoms with E-state index in [0.29, 0.717) is 77.1 Å². The Morgan fingerprint density at radius 1 is 0.302 bits per heavy atom. The van der Waals surface area contributed by atoms with Crippen LogP contribution in [0.5, 0.6) is 0 Å². The van der Waals surface area contributed by atoms with E-state index in [1.54, 1.807) is 6.07 Å². The van der Waals surface area contributed by atoms with Gasteiger partial charge in [-0.3, -0.25) is 38.5 Å². The number of carbonyl (C=O) groups excluding carboxylic acids is 4. The quantitative estimate of drug-likeness (QED) is 0.0315. The van der Waals surface area contributed by atoms with Crippen molar-refractivity contribution in [3.8, 4) is 44.5 Å². The van der Waals surface area contributed by atoms with Gasteiger partial charge in [-0.1, -0.05) is 223 Å². The van der Waals surface area contributed by atoms with E-state index in [0.717, 1.165) is 227 Å². The molecule has 21 heteroatoms. The summed E-state index contributed by atoms with van der Waals surface area (Å²) in [5.74, 6) is 0.372. The number of carboxylic acids is 4. The molecule has 4 aliphatic heterocycles. The van der Waals surface area contributed by atoms with Gasteiger partial charge in [-0.2, -0.15) is 0 Å². The summed E-state index contributed by atoms with van der Waals surface area (Å²) < 4.78 is 0. The fourth-order valence-corrected chi connectivity index (χ4v) is 24.1. The van der Waals surface area contributed by atoms with E-state index in [4.69, 9.17) is 4.98 Å². The molecule has 4 unspecified atom stereocenters. The van der Waals surface area contributed by atoms with E-state index >= 15 is 0 Å². The van der Waals surface area contributed by atoms with Crippen molar-refractivity contribution >= 4 is 47.5 Å². The molecule has 4 saturated carbocycles. The first kappa shape index (κ1) is 106. The molecule has 8 fully saturated rings. The number of likely N-dealkylation sites (N-methyl/N-ethyl adjacent to an activating group) is 4. The normalized spacial score (nSPS) is 19.5. The Bertz CT molecular complexity index is 5190. The lowest BCUT2D eigenvalue weighted by atomic mass is 9.76. The first-order valence-corrected chi connectivity index (χ1v) is 52.5. The summed E-state index contributed by atoms with van der Waals surface area (Å²) in [7, 11) is 16.2. The third-order valence-electron chi connectivity index (χ3n) is 30.9. The molecule has 0 bridgehead atoms. The molecule has 7 aromatic carbocycles. The molecule has 4 N–H and O–H groups in total. The predicted molar refractivity (Wildman–Crippen MR) is 556 cm³/mol. The van der Waals surface area contributed by atoms with Gasteiger partial charge in [0, 0.05) is 86.1 Å². The lowest BCUT2D eigenvalue weighted by molar-refractivity contribution is -0.137. The lowest BCUT2D eigenvalue weighted by Gasteiger charge is -2.32. The number of piperidine rings is 4. The first-order valence-electron chi connectivity index (χ1n) is 52.5. The highest BCUT2D eigenvalue weighted by Crippen LogP contribution is 2.47. The number of aromatic nitrogens is 1. The van der Waals surface area contributed by atoms with Crippen LogP contribution in [0.4, 0.5) is 0 Å². The molecule has 4 atom stereocenters. The van der Waals surface area contributed by atoms with Gasteiger partial charge in [0.05, 0.1) is 61.9 Å². The van der Waals surface area contributed by atoms with E-state index < -0.39 is 23.9 Å². The second-order valence-corrected chi connectivity index (χ2v) is 42.2. The van der Waals surface area contributed by atoms with Gasteiger partial charge in [0.15, 0.2) is 0 Å². The Hall–Kier alpha value is -10.7. The molecule has 4 aliphatic carbocycles. The van der Waals surface area contributed by atoms with Crippen LogP contribution in [0.25, 0.3) is 44.5 Å². The molecule has 0 radical (unpaired) electrons. The van der Waals surface area contributed by atoms with Crippen molar-refractivity contribution in [2.45, 2.75) is 248 Å². The van der Waals surface area contributed by atoms with Crippen molar-refractivity contribution in [3.63, 3.8) is 0 Å². The number of amides is 4. The maximum absolute atomic E-state index is 13.5. The maximum atomic E-state index is 13.5. The van der Waals surface area contributed by atoms with Crippen molar-refractivity contribution in [2.24, 2.45) is 23.7 Å². The molecule has 139 heavy (non-hydrogen) atoms. The van der Waals surface area contributed by atoms with Gasteiger partial charge >= 0.3 is 23.9 Å². The summed E-state index contributed by atoms with van der Waals surface area (Å²) in [6.45, 7) is 11.7. The minimum Gasteiger partial charge on any atom is -0.481 e. The monoisotopic (exact) mass is 1890 g/mol. The summed E-state index contributed by atoms with van der Waals surface area (Å²) in [5.41, 5.74) is 19.4. The van der Waals surface area contributed by atoms with Crippen LogP contribution >= 0.6 is 0 Å². The maximum Gasteiger partial charge on any atom is 0.335 e. The van der Waals surface area contributed by atoms with Gasteiger partial charge < -0.3 is 59.6 Å². The summed E-state index contributed by atoms with van der Waals surface area (Å²) in [4.78, 5) is 122. The first-order chi connectivity index (χ1) is 67.1. The number of likely N-dealkylation sites (tertiary alicyclic amines) is 4. The number of carbonyl (C=O) groups is 8. The van der Waals surface area contributed by atoms with Crippen molar-refractivity contribution in [1.29, 1.82) is 0 Å². The molecular weight excluding hydrogens is 1740 g/mol. The molecule has 16 rings (SSSR count). The Morgan fingerprint density at radius 3 is 0.978 bits per heavy atom. The average Bonchev–Trinajstić information content (AvgIpc) is 0.793. The van der Waals surface area contributed by atoms with E-state index in [2.05, 4.69) is 102 Å². The van der Waals surface area contributed by atoms with Crippen molar-refractivity contribution in [2.75, 3.05) is 135 Å². The number of carboxylic acid groups (broad SMARTS) is 4. The highest BCUT2D eigenvalue weighted by atomic mass is 16.4. The minimum absolute atomic E-state index is 0.0137. The van der Waals surface area contributed by atoms with Crippen LogP contribution < -0.4 is 0 Å². The molecule has 746 valence electrons. The second-order valence-electron chi connectivity index (χ2n) is 42.2. The number of aromatic carboxylic acids is 1. The number of rotatable bonds is 31. The smallest absolute Gasteiger partial charge is 0.335 e. The third kappa shape index (κ3) is 30.9. The van der Waals surface area contributed by atoms with Gasteiger partial charge in [0.1, 0.15) is 0 Å². The number of hydrogen-bond donors (Lipinski definition) is 4. The van der Waals surface area contributed by atoms with E-state index in [1.165, 1.54) is 126 Å². The van der Waals surface area contributed by atoms with Crippen LogP contribution in [-0.2, 0) is 78.5 Å². The zero-order valence-corrected chi connectivity index (χ0v) is 84.5. The highest BCUT2D eigenvalue weighted by Gasteiger charge is 2.35. The molecule has 5 heterocycles. The summed E-state index contributed by atoms with van der Waals surface area (Å²) in [5, 5.41) is 38.6. The molecule has 1 aromatic heterocycles. The Kier molecular flexibility index (Phi) is 40.0. The van der Waals surface area contributed by atoms with Crippen molar-refractivity contribution in [3.05, 3.63) is 231 Å². The minimum atomic E-state index is -0.927. The topological polar surface area (TPSA) is 256 Å². The molecule has 4 saturated heterocycles. The molecule has 8 aliphatic rings. The summed E-state index contributed by atoms with van der Waals surface area (Å²) >= 11 is 0. The molecule has 8 aromatic rings. The van der Waals surface area contributed by atoms with Crippen molar-refractivity contribution in [1.82, 2.24) is 44.2 Å². The highest BCUT2D eigenvalue weighted by molar-refractivity contribution is 5.92. The largest absolute Gasteiger partial charge is 0.481 e. The molecule has 21 nitrogen and oxygen atoms in total. The summed E-state index contributed by atoms with van der Waals surface area (Å²) in [6, 6.07) is 54.7. The average molecular weight is 1890 g/mol. The fraction of sp³-hybridized carbons (Fsp3) is 0.534. The van der Waals surface area contributed by atoms with Gasteiger partial charge in [-0.25, -0.2) is 4.79 Å². The second kappa shape index (κ2) is 52.7. The Morgan fingerprint density at radius 2 is 0.619 bits per heavy atom. The van der Waals surface area contributed by atoms with E-state index in [9.17, 15) is 58.8 Å². The predicted octanol–water partition coefficient (Wildman–Crippen LogP) is 21.0. The molecule has 0 spiro atoms. The number of aliphatic carboxylic acids is 3. The van der Waals surface area contributed by atoms with Crippen LogP contribution in [0.3, 0.4) is 0 Å². The van der Waals surface area contributed by atoms with Crippen molar-refractivity contribution < 1.29 is 58.8 Å². The fourth-order valence-electron chi connectivity index (χ4n) is 24.1. The van der Waals surface area contributed by atoms with Gasteiger partial charge in [0.2, 0.25) is 23.6 Å². The van der Waals surface area contributed by atoms with Crippen LogP contribution in [0.1, 0.15) is 275 Å². The molecule has 4 amide bonds. The van der Waals surface area contributed by atoms with Crippen LogP contribution in [0, 0.1) is 23.7 Å². The van der Waals surface area contributed by atoms with Gasteiger partial charge in [0.25, 0.3) is 0 Å². The summed E-state index contributed by atoms with van der Waals surface area (Å²) in [6.07, 6.45) is 33.5. The Labute approximate surface area is 827 Å². The van der Waals surface area contributed by atoms with Crippen LogP contribution in [0.15, 0.2) is 164 Å². The van der Waals surface area contributed by atoms with E-state index in [1.807, 2.05) is 151 Å². The standard InChI is InChI=1S/2C30H40N2O3.C29H39N3O3.C29H38N2O3/c1-31-17-9-10-22(20-31)21-32(2)27(33)18-25-15-16-26(19-28(34)35)30(24-13-7-4-8-14-24)29(25)23-11-5-3-6-12-23;1-31-15-9-10-22(20-31)21-32(2)28(33)19-26-16-23(18-29(34)35)17-27(24-11-5-3-6-12-24)30(26)25-13-7-4-8-14-25;1-31-15-9-10-21(19-31)20-32(2)27(33)18-26-29(23-13-7-4-8-14-23)25(22-11-5-3-6-12-22)16-24(30-26)17-28(34)35;1-30-15-9-10-21(19-30)20-31(2)27(32)18-24-16-25(29(33)34)17-26(22-11-5-3-6-12-22)28(24)23-13-7-4-8-14-23/h3,5-6,11-12,15-16,22,24H,4,7-10,13-14,17-21H2,1-2H3,(H,34,35);4,7-8,13-14,16-17,22,24H,3,5-6,9-12,15,18-21H2,1-2H3,(H,34,35);4,7-8,13-14,16,21-22H,3,5-6,9-12,15,17-20H2,1-2H3,(H,34,35);4,7-8,13-14,16-17,21-22H,3,5-6,9-12,15,18-20H2,1-2H3,(H,33,34). The Balaban J connectivity index is 0.000000156. The number of nitrogens with zero attached hydrogens (tertiary/aromatic N) is 9. The SMILES string of the molecule is CN1CCCC(CN(C)C(=O)Cc2cc(C(=O)O)cc(C3CCCCC3)c2-c2ccccc2)C1.CN1CCCC(CN(C)C(=O)Cc2cc(CC(=O)O)cc(C3CCCCC3)c2-c2ccccc2)C1.CN1CCCC(CN(C)C(=O)Cc2ccc(CC(=O)O)c(C3CCCCC3)c2-c2ccccc2)C1.CN1CCCC(CN(C)C(=O)Cc2nc(CC(=O)O)cc(C3CCCCC3)c2-c2ccccc2)C1. The van der Waals surface area contributed by atoms with Crippen LogP contribution in [0.2, 0.25) is 0 Å². The third-order valence-corrected chi connectivity index (χ3v) is 30.9. The number of benzene rings is 7. The van der Waals surface area contributed by atoms with Gasteiger partial charge in [-0.05, 0) is 312 Å². The van der Waals surface area contributed by atoms with Crippen LogP contribution in [-0.4, -0.2) is 247 Å². The lowest BCUT2D eigenvalue weighted by Crippen LogP contribution is -2.40.